The molecule has 0 atom stereocenters. The highest BCUT2D eigenvalue weighted by atomic mass is 16.5. The number of esters is 2. The van der Waals surface area contributed by atoms with Crippen molar-refractivity contribution in [1.29, 1.82) is 0 Å². The lowest BCUT2D eigenvalue weighted by atomic mass is 10.0. The topological polar surface area (TPSA) is 127 Å². The van der Waals surface area contributed by atoms with Gasteiger partial charge in [-0.3, -0.25) is 28.8 Å². The van der Waals surface area contributed by atoms with Crippen LogP contribution >= 0.6 is 0 Å². The summed E-state index contributed by atoms with van der Waals surface area (Å²) in [6, 6.07) is 22.4. The lowest BCUT2D eigenvalue weighted by Crippen LogP contribution is -2.30. The molecule has 0 unspecified atom stereocenters. The van der Waals surface area contributed by atoms with Crippen molar-refractivity contribution in [3.63, 3.8) is 0 Å². The van der Waals surface area contributed by atoms with Crippen LogP contribution in [0, 0.1) is 0 Å². The number of carbonyl (C=O) groups excluding carboxylic acids is 6. The number of carbonyl (C=O) groups is 6. The van der Waals surface area contributed by atoms with E-state index in [1.165, 1.54) is 26.0 Å². The fourth-order valence-electron chi connectivity index (χ4n) is 5.23. The minimum Gasteiger partial charge on any atom is -0.424 e. The monoisotopic (exact) mass is 574 g/mol. The summed E-state index contributed by atoms with van der Waals surface area (Å²) in [7, 11) is 0. The van der Waals surface area contributed by atoms with E-state index in [1.54, 1.807) is 72.8 Å². The number of rotatable bonds is 6. The Bertz CT molecular complexity index is 1700. The minimum absolute atomic E-state index is 0.0161. The number of ether oxygens (including phenoxy) is 2. The molecule has 0 fully saturated rings. The maximum absolute atomic E-state index is 13.1. The molecule has 0 spiro atoms. The Hall–Kier alpha value is -5.90. The predicted molar refractivity (Wildman–Crippen MR) is 153 cm³/mol. The van der Waals surface area contributed by atoms with E-state index in [9.17, 15) is 28.8 Å². The second-order valence-electron chi connectivity index (χ2n) is 9.95. The van der Waals surface area contributed by atoms with Crippen molar-refractivity contribution < 1.29 is 38.2 Å². The SMILES string of the molecule is CC(=O)Oc1cc(Cc2ccc(N3C(=O)c4ccccc4C3=O)c(OC(C)=O)c2)ccc1N1C(=O)c2ccccc2C1=O. The molecule has 0 saturated carbocycles. The molecule has 0 N–H and O–H groups in total. The lowest BCUT2D eigenvalue weighted by Gasteiger charge is -2.19. The van der Waals surface area contributed by atoms with Gasteiger partial charge in [-0.25, -0.2) is 9.80 Å². The van der Waals surface area contributed by atoms with Crippen LogP contribution in [0.3, 0.4) is 0 Å². The number of imide groups is 2. The standard InChI is InChI=1S/C33H22N2O8/c1-18(36)42-28-16-20(11-13-26(28)34-30(38)22-7-3-4-8-23(22)31(34)39)15-21-12-14-27(29(17-21)43-19(2)37)35-32(40)24-9-5-6-10-25(24)33(35)41/h3-14,16-17H,15H2,1-2H3. The molecule has 0 radical (unpaired) electrons. The average Bonchev–Trinajstić information content (AvgIpc) is 3.37. The second-order valence-corrected chi connectivity index (χ2v) is 9.95. The molecule has 0 aliphatic carbocycles. The van der Waals surface area contributed by atoms with Crippen LogP contribution in [-0.4, -0.2) is 35.6 Å². The summed E-state index contributed by atoms with van der Waals surface area (Å²) in [5.41, 5.74) is 2.52. The van der Waals surface area contributed by atoms with Crippen LogP contribution in [0.1, 0.15) is 66.4 Å². The number of benzene rings is 4. The van der Waals surface area contributed by atoms with Gasteiger partial charge in [0.05, 0.1) is 33.6 Å². The highest BCUT2D eigenvalue weighted by molar-refractivity contribution is 6.35. The van der Waals surface area contributed by atoms with E-state index in [4.69, 9.17) is 9.47 Å². The molecule has 10 nitrogen and oxygen atoms in total. The summed E-state index contributed by atoms with van der Waals surface area (Å²) in [6.45, 7) is 2.42. The van der Waals surface area contributed by atoms with E-state index in [-0.39, 0.29) is 51.5 Å². The summed E-state index contributed by atoms with van der Waals surface area (Å²) < 4.78 is 10.8. The van der Waals surface area contributed by atoms with Gasteiger partial charge < -0.3 is 9.47 Å². The Balaban J connectivity index is 1.34. The van der Waals surface area contributed by atoms with Crippen molar-refractivity contribution in [2.75, 3.05) is 9.80 Å². The number of amides is 4. The Kier molecular flexibility index (Phi) is 6.66. The number of hydrogen-bond donors (Lipinski definition) is 0. The smallest absolute Gasteiger partial charge is 0.308 e. The van der Waals surface area contributed by atoms with E-state index in [0.717, 1.165) is 9.80 Å². The zero-order chi connectivity index (χ0) is 30.4. The maximum Gasteiger partial charge on any atom is 0.308 e. The largest absolute Gasteiger partial charge is 0.424 e. The highest BCUT2D eigenvalue weighted by Crippen LogP contribution is 2.38. The van der Waals surface area contributed by atoms with Gasteiger partial charge in [-0.05, 0) is 66.1 Å². The van der Waals surface area contributed by atoms with Crippen LogP contribution in [0.5, 0.6) is 11.5 Å². The predicted octanol–water partition coefficient (Wildman–Crippen LogP) is 4.73. The van der Waals surface area contributed by atoms with Crippen molar-refractivity contribution in [3.8, 4) is 11.5 Å². The second kappa shape index (κ2) is 10.5. The Labute approximate surface area is 245 Å². The first kappa shape index (κ1) is 27.3. The van der Waals surface area contributed by atoms with Crippen molar-refractivity contribution in [2.24, 2.45) is 0 Å². The molecular weight excluding hydrogens is 552 g/mol. The van der Waals surface area contributed by atoms with Crippen LogP contribution in [0.15, 0.2) is 84.9 Å². The quantitative estimate of drug-likeness (QED) is 0.184. The molecule has 2 aliphatic rings. The summed E-state index contributed by atoms with van der Waals surface area (Å²) >= 11 is 0. The summed E-state index contributed by atoms with van der Waals surface area (Å²) in [6.07, 6.45) is 0.243. The fraction of sp³-hybridized carbons (Fsp3) is 0.0909. The van der Waals surface area contributed by atoms with Crippen LogP contribution in [0.25, 0.3) is 0 Å². The molecule has 0 bridgehead atoms. The summed E-state index contributed by atoms with van der Waals surface area (Å²) in [5, 5.41) is 0. The molecule has 6 rings (SSSR count). The zero-order valence-corrected chi connectivity index (χ0v) is 23.0. The van der Waals surface area contributed by atoms with Gasteiger partial charge in [0, 0.05) is 13.8 Å². The van der Waals surface area contributed by atoms with Gasteiger partial charge in [-0.15, -0.1) is 0 Å². The molecule has 4 aromatic rings. The van der Waals surface area contributed by atoms with Crippen LogP contribution in [-0.2, 0) is 16.0 Å². The minimum atomic E-state index is -0.641. The number of nitrogens with zero attached hydrogens (tertiary/aromatic N) is 2. The maximum atomic E-state index is 13.1. The molecule has 2 heterocycles. The van der Waals surface area contributed by atoms with Gasteiger partial charge in [-0.1, -0.05) is 36.4 Å². The Morgan fingerprint density at radius 3 is 1.16 bits per heavy atom. The van der Waals surface area contributed by atoms with E-state index >= 15 is 0 Å². The molecule has 4 aromatic carbocycles. The molecule has 43 heavy (non-hydrogen) atoms. The first-order valence-corrected chi connectivity index (χ1v) is 13.2. The van der Waals surface area contributed by atoms with Gasteiger partial charge in [0.15, 0.2) is 11.5 Å². The van der Waals surface area contributed by atoms with Gasteiger partial charge in [0.2, 0.25) is 0 Å². The third-order valence-corrected chi connectivity index (χ3v) is 7.03. The number of hydrogen-bond acceptors (Lipinski definition) is 8. The van der Waals surface area contributed by atoms with E-state index in [0.29, 0.717) is 11.1 Å². The molecule has 0 aromatic heterocycles. The molecule has 212 valence electrons. The van der Waals surface area contributed by atoms with Gasteiger partial charge in [-0.2, -0.15) is 0 Å². The number of fused-ring (bicyclic) bond motifs is 2. The highest BCUT2D eigenvalue weighted by Gasteiger charge is 2.39. The van der Waals surface area contributed by atoms with Gasteiger partial charge in [0.25, 0.3) is 23.6 Å². The third kappa shape index (κ3) is 4.74. The van der Waals surface area contributed by atoms with Crippen molar-refractivity contribution >= 4 is 46.9 Å². The van der Waals surface area contributed by atoms with E-state index in [2.05, 4.69) is 0 Å². The van der Waals surface area contributed by atoms with Gasteiger partial charge >= 0.3 is 11.9 Å². The van der Waals surface area contributed by atoms with E-state index < -0.39 is 35.6 Å². The van der Waals surface area contributed by atoms with Crippen LogP contribution in [0.2, 0.25) is 0 Å². The lowest BCUT2D eigenvalue weighted by molar-refractivity contribution is -0.132. The molecule has 0 saturated heterocycles. The molecule has 4 amide bonds. The molecule has 10 heteroatoms. The van der Waals surface area contributed by atoms with Crippen molar-refractivity contribution in [2.45, 2.75) is 20.3 Å². The third-order valence-electron chi connectivity index (χ3n) is 7.03. The Morgan fingerprint density at radius 1 is 0.535 bits per heavy atom. The molecule has 2 aliphatic heterocycles. The fourth-order valence-corrected chi connectivity index (χ4v) is 5.23. The van der Waals surface area contributed by atoms with Gasteiger partial charge in [0.1, 0.15) is 0 Å². The Morgan fingerprint density at radius 2 is 0.860 bits per heavy atom. The average molecular weight is 575 g/mol. The normalized spacial score (nSPS) is 13.7. The van der Waals surface area contributed by atoms with Crippen molar-refractivity contribution in [3.05, 3.63) is 118 Å². The first-order chi connectivity index (χ1) is 20.6. The summed E-state index contributed by atoms with van der Waals surface area (Å²) in [5.74, 6) is -3.37. The molecular formula is C33H22N2O8. The first-order valence-electron chi connectivity index (χ1n) is 13.2. The van der Waals surface area contributed by atoms with Crippen LogP contribution in [0.4, 0.5) is 11.4 Å². The zero-order valence-electron chi connectivity index (χ0n) is 23.0. The van der Waals surface area contributed by atoms with E-state index in [1.807, 2.05) is 0 Å². The van der Waals surface area contributed by atoms with Crippen LogP contribution < -0.4 is 19.3 Å². The number of anilines is 2. The van der Waals surface area contributed by atoms with Crippen molar-refractivity contribution in [1.82, 2.24) is 0 Å². The summed E-state index contributed by atoms with van der Waals surface area (Å²) in [4.78, 5) is 78.2.